The van der Waals surface area contributed by atoms with Crippen molar-refractivity contribution in [3.05, 3.63) is 63.8 Å². The lowest BCUT2D eigenvalue weighted by Gasteiger charge is -2.11. The number of nitrogens with one attached hydrogen (secondary N) is 1. The summed E-state index contributed by atoms with van der Waals surface area (Å²) >= 11 is 3.35. The molecule has 1 aliphatic heterocycles. The van der Waals surface area contributed by atoms with Crippen molar-refractivity contribution in [1.82, 2.24) is 10.2 Å². The zero-order valence-electron chi connectivity index (χ0n) is 14.0. The fourth-order valence-corrected chi connectivity index (χ4v) is 3.02. The highest BCUT2D eigenvalue weighted by Gasteiger charge is 2.33. The number of ether oxygens (including phenoxy) is 1. The van der Waals surface area contributed by atoms with Crippen LogP contribution in [-0.4, -0.2) is 28.6 Å². The fourth-order valence-electron chi connectivity index (χ4n) is 2.58. The Balaban J connectivity index is 1.87. The summed E-state index contributed by atoms with van der Waals surface area (Å²) in [6.45, 7) is 2.40. The Morgan fingerprint density at radius 1 is 1.23 bits per heavy atom. The molecule has 1 fully saturated rings. The molecule has 7 heteroatoms. The highest BCUT2D eigenvalue weighted by molar-refractivity contribution is 9.10. The molecule has 1 heterocycles. The van der Waals surface area contributed by atoms with E-state index in [1.54, 1.807) is 12.1 Å². The number of hydrogen-bond donors (Lipinski definition) is 2. The number of imide groups is 1. The van der Waals surface area contributed by atoms with Crippen molar-refractivity contribution in [3.8, 4) is 11.5 Å². The number of carbonyl (C=O) groups excluding carboxylic acids is 2. The molecule has 2 N–H and O–H groups in total. The molecule has 26 heavy (non-hydrogen) atoms. The minimum absolute atomic E-state index is 0.00615. The van der Waals surface area contributed by atoms with E-state index in [2.05, 4.69) is 21.2 Å². The van der Waals surface area contributed by atoms with E-state index >= 15 is 0 Å². The zero-order valence-corrected chi connectivity index (χ0v) is 15.6. The molecule has 2 aromatic carbocycles. The van der Waals surface area contributed by atoms with Crippen molar-refractivity contribution in [1.29, 1.82) is 0 Å². The Bertz CT molecular complexity index is 881. The van der Waals surface area contributed by atoms with Crippen molar-refractivity contribution in [2.24, 2.45) is 0 Å². The molecule has 0 atom stereocenters. The molecule has 0 unspecified atom stereocenters. The third-order valence-electron chi connectivity index (χ3n) is 3.82. The van der Waals surface area contributed by atoms with Gasteiger partial charge in [0.15, 0.2) is 11.5 Å². The molecule has 0 spiro atoms. The Labute approximate surface area is 159 Å². The summed E-state index contributed by atoms with van der Waals surface area (Å²) in [5.74, 6) is -0.106. The van der Waals surface area contributed by atoms with Crippen LogP contribution in [0.1, 0.15) is 18.1 Å². The Morgan fingerprint density at radius 3 is 2.65 bits per heavy atom. The van der Waals surface area contributed by atoms with Crippen LogP contribution >= 0.6 is 15.9 Å². The summed E-state index contributed by atoms with van der Waals surface area (Å²) in [7, 11) is 0. The monoisotopic (exact) mass is 416 g/mol. The van der Waals surface area contributed by atoms with Gasteiger partial charge in [0.25, 0.3) is 5.91 Å². The van der Waals surface area contributed by atoms with E-state index in [1.807, 2.05) is 37.3 Å². The van der Waals surface area contributed by atoms with Gasteiger partial charge in [-0.3, -0.25) is 9.69 Å². The molecule has 3 rings (SSSR count). The first-order valence-electron chi connectivity index (χ1n) is 8.03. The second kappa shape index (κ2) is 7.61. The molecule has 2 aromatic rings. The van der Waals surface area contributed by atoms with Crippen LogP contribution in [0.15, 0.2) is 52.6 Å². The lowest BCUT2D eigenvalue weighted by atomic mass is 10.1. The van der Waals surface area contributed by atoms with E-state index in [1.165, 1.54) is 6.07 Å². The van der Waals surface area contributed by atoms with Gasteiger partial charge < -0.3 is 15.2 Å². The largest absolute Gasteiger partial charge is 0.504 e. The average Bonchev–Trinajstić information content (AvgIpc) is 2.88. The minimum Gasteiger partial charge on any atom is -0.504 e. The molecular weight excluding hydrogens is 400 g/mol. The van der Waals surface area contributed by atoms with Crippen molar-refractivity contribution >= 4 is 33.9 Å². The van der Waals surface area contributed by atoms with Gasteiger partial charge in [-0.1, -0.05) is 46.3 Å². The van der Waals surface area contributed by atoms with Crippen molar-refractivity contribution < 1.29 is 19.4 Å². The molecule has 6 nitrogen and oxygen atoms in total. The first-order chi connectivity index (χ1) is 12.5. The molecule has 0 aromatic heterocycles. The summed E-state index contributed by atoms with van der Waals surface area (Å²) in [6, 6.07) is 11.9. The van der Waals surface area contributed by atoms with Gasteiger partial charge in [-0.15, -0.1) is 0 Å². The van der Waals surface area contributed by atoms with Crippen LogP contribution in [0.4, 0.5) is 4.79 Å². The van der Waals surface area contributed by atoms with E-state index < -0.39 is 11.9 Å². The maximum Gasteiger partial charge on any atom is 0.329 e. The topological polar surface area (TPSA) is 78.9 Å². The minimum atomic E-state index is -0.468. The van der Waals surface area contributed by atoms with Gasteiger partial charge in [-0.2, -0.15) is 0 Å². The SMILES string of the molecule is CCOc1cc(C=C2NC(=O)N(Cc3ccccc3)C2=O)c(Br)cc1O. The van der Waals surface area contributed by atoms with Crippen LogP contribution in [0.2, 0.25) is 0 Å². The highest BCUT2D eigenvalue weighted by Crippen LogP contribution is 2.34. The van der Waals surface area contributed by atoms with Crippen LogP contribution in [0.3, 0.4) is 0 Å². The number of benzene rings is 2. The molecule has 0 bridgehead atoms. The number of phenolic OH excluding ortho intramolecular Hbond substituents is 1. The van der Waals surface area contributed by atoms with E-state index in [-0.39, 0.29) is 18.0 Å². The van der Waals surface area contributed by atoms with Gasteiger partial charge in [0.05, 0.1) is 13.2 Å². The number of aromatic hydroxyl groups is 1. The van der Waals surface area contributed by atoms with Crippen LogP contribution in [0.25, 0.3) is 6.08 Å². The number of hydrogen-bond acceptors (Lipinski definition) is 4. The maximum absolute atomic E-state index is 12.6. The lowest BCUT2D eigenvalue weighted by molar-refractivity contribution is -0.123. The number of amides is 3. The van der Waals surface area contributed by atoms with Crippen LogP contribution in [-0.2, 0) is 11.3 Å². The van der Waals surface area contributed by atoms with Crippen molar-refractivity contribution in [2.75, 3.05) is 6.61 Å². The number of phenols is 1. The standard InChI is InChI=1S/C19H17BrN2O4/c1-2-26-17-9-13(14(20)10-16(17)23)8-15-18(24)22(19(25)21-15)11-12-6-4-3-5-7-12/h3-10,23H,2,11H2,1H3,(H,21,25). The molecule has 3 amide bonds. The van der Waals surface area contributed by atoms with Gasteiger partial charge in [-0.05, 0) is 36.3 Å². The number of urea groups is 1. The van der Waals surface area contributed by atoms with E-state index in [9.17, 15) is 14.7 Å². The second-order valence-electron chi connectivity index (χ2n) is 5.64. The van der Waals surface area contributed by atoms with Gasteiger partial charge >= 0.3 is 6.03 Å². The highest BCUT2D eigenvalue weighted by atomic mass is 79.9. The Kier molecular flexibility index (Phi) is 5.27. The lowest BCUT2D eigenvalue weighted by Crippen LogP contribution is -2.30. The van der Waals surface area contributed by atoms with Crippen molar-refractivity contribution in [2.45, 2.75) is 13.5 Å². The first kappa shape index (κ1) is 18.0. The number of rotatable bonds is 5. The summed E-state index contributed by atoms with van der Waals surface area (Å²) in [5, 5.41) is 12.5. The number of carbonyl (C=O) groups is 2. The smallest absolute Gasteiger partial charge is 0.329 e. The van der Waals surface area contributed by atoms with Gasteiger partial charge in [-0.25, -0.2) is 4.79 Å². The molecular formula is C19H17BrN2O4. The summed E-state index contributed by atoms with van der Waals surface area (Å²) in [6.07, 6.45) is 1.55. The van der Waals surface area contributed by atoms with E-state index in [0.29, 0.717) is 22.4 Å². The Hall–Kier alpha value is -2.80. The molecule has 134 valence electrons. The molecule has 0 radical (unpaired) electrons. The second-order valence-corrected chi connectivity index (χ2v) is 6.49. The molecule has 1 saturated heterocycles. The van der Waals surface area contributed by atoms with Gasteiger partial charge in [0.1, 0.15) is 5.70 Å². The molecule has 1 aliphatic rings. The fraction of sp³-hybridized carbons (Fsp3) is 0.158. The van der Waals surface area contributed by atoms with E-state index in [4.69, 9.17) is 4.74 Å². The molecule has 0 saturated carbocycles. The van der Waals surface area contributed by atoms with Crippen molar-refractivity contribution in [3.63, 3.8) is 0 Å². The van der Waals surface area contributed by atoms with Gasteiger partial charge in [0.2, 0.25) is 0 Å². The molecule has 0 aliphatic carbocycles. The summed E-state index contributed by atoms with van der Waals surface area (Å²) < 4.78 is 5.94. The first-order valence-corrected chi connectivity index (χ1v) is 8.82. The van der Waals surface area contributed by atoms with E-state index in [0.717, 1.165) is 10.5 Å². The van der Waals surface area contributed by atoms with Gasteiger partial charge in [0, 0.05) is 4.47 Å². The average molecular weight is 417 g/mol. The summed E-state index contributed by atoms with van der Waals surface area (Å²) in [4.78, 5) is 25.9. The zero-order chi connectivity index (χ0) is 18.7. The van der Waals surface area contributed by atoms with Crippen LogP contribution in [0, 0.1) is 0 Å². The van der Waals surface area contributed by atoms with Crippen LogP contribution in [0.5, 0.6) is 11.5 Å². The predicted octanol–water partition coefficient (Wildman–Crippen LogP) is 3.65. The normalized spacial score (nSPS) is 15.5. The third-order valence-corrected chi connectivity index (χ3v) is 4.51. The van der Waals surface area contributed by atoms with Crippen LogP contribution < -0.4 is 10.1 Å². The Morgan fingerprint density at radius 2 is 1.96 bits per heavy atom. The number of halogens is 1. The third kappa shape index (κ3) is 3.72. The maximum atomic E-state index is 12.6. The summed E-state index contributed by atoms with van der Waals surface area (Å²) in [5.41, 5.74) is 1.64. The quantitative estimate of drug-likeness (QED) is 0.575. The predicted molar refractivity (Wildman–Crippen MR) is 100 cm³/mol. The number of nitrogens with zero attached hydrogens (tertiary/aromatic N) is 1.